The van der Waals surface area contributed by atoms with E-state index in [4.69, 9.17) is 9.63 Å². The van der Waals surface area contributed by atoms with E-state index in [9.17, 15) is 4.79 Å². The lowest BCUT2D eigenvalue weighted by atomic mass is 9.86. The predicted octanol–water partition coefficient (Wildman–Crippen LogP) is 1.91. The molecule has 4 heteroatoms. The second-order valence-corrected chi connectivity index (χ2v) is 4.32. The summed E-state index contributed by atoms with van der Waals surface area (Å²) in [6.45, 7) is 3.30. The van der Waals surface area contributed by atoms with Crippen molar-refractivity contribution < 1.29 is 14.4 Å². The zero-order valence-corrected chi connectivity index (χ0v) is 8.28. The first-order valence-electron chi connectivity index (χ1n) is 4.71. The van der Waals surface area contributed by atoms with E-state index >= 15 is 0 Å². The molecule has 0 aromatic carbocycles. The van der Waals surface area contributed by atoms with Gasteiger partial charge in [-0.15, -0.1) is 0 Å². The molecule has 0 bridgehead atoms. The first kappa shape index (κ1) is 9.24. The SMILES string of the molecule is CC(C)(C(=O)O)c1nocc1C1CC1. The van der Waals surface area contributed by atoms with Gasteiger partial charge in [-0.2, -0.15) is 0 Å². The van der Waals surface area contributed by atoms with E-state index in [-0.39, 0.29) is 0 Å². The summed E-state index contributed by atoms with van der Waals surface area (Å²) in [6, 6.07) is 0. The van der Waals surface area contributed by atoms with Crippen LogP contribution < -0.4 is 0 Å². The summed E-state index contributed by atoms with van der Waals surface area (Å²) in [5.41, 5.74) is 0.593. The van der Waals surface area contributed by atoms with Crippen molar-refractivity contribution >= 4 is 5.97 Å². The number of aromatic nitrogens is 1. The number of carboxylic acids is 1. The summed E-state index contributed by atoms with van der Waals surface area (Å²) in [5, 5.41) is 12.9. The van der Waals surface area contributed by atoms with E-state index in [1.54, 1.807) is 20.1 Å². The van der Waals surface area contributed by atoms with Crippen molar-refractivity contribution in [2.24, 2.45) is 0 Å². The fourth-order valence-corrected chi connectivity index (χ4v) is 1.50. The number of aliphatic carboxylic acids is 1. The Morgan fingerprint density at radius 3 is 2.79 bits per heavy atom. The van der Waals surface area contributed by atoms with Gasteiger partial charge in [0.05, 0.1) is 0 Å². The monoisotopic (exact) mass is 195 g/mol. The number of nitrogens with zero attached hydrogens (tertiary/aromatic N) is 1. The summed E-state index contributed by atoms with van der Waals surface area (Å²) in [4.78, 5) is 11.0. The number of hydrogen-bond donors (Lipinski definition) is 1. The molecule has 1 N–H and O–H groups in total. The van der Waals surface area contributed by atoms with Crippen LogP contribution in [0.5, 0.6) is 0 Å². The minimum Gasteiger partial charge on any atom is -0.481 e. The second-order valence-electron chi connectivity index (χ2n) is 4.32. The molecule has 0 saturated heterocycles. The van der Waals surface area contributed by atoms with Crippen LogP contribution in [-0.4, -0.2) is 16.2 Å². The molecule has 1 heterocycles. The van der Waals surface area contributed by atoms with Crippen LogP contribution in [0.4, 0.5) is 0 Å². The van der Waals surface area contributed by atoms with Crippen molar-refractivity contribution in [3.63, 3.8) is 0 Å². The number of rotatable bonds is 3. The molecule has 0 unspecified atom stereocenters. The average Bonchev–Trinajstić information content (AvgIpc) is 2.83. The van der Waals surface area contributed by atoms with E-state index in [2.05, 4.69) is 5.16 Å². The van der Waals surface area contributed by atoms with Crippen LogP contribution in [0.3, 0.4) is 0 Å². The summed E-state index contributed by atoms with van der Waals surface area (Å²) in [6.07, 6.45) is 3.81. The standard InChI is InChI=1S/C10H13NO3/c1-10(2,9(12)13)8-7(5-14-11-8)6-3-4-6/h5-6H,3-4H2,1-2H3,(H,12,13). The van der Waals surface area contributed by atoms with Crippen molar-refractivity contribution in [1.82, 2.24) is 5.16 Å². The number of hydrogen-bond acceptors (Lipinski definition) is 3. The van der Waals surface area contributed by atoms with Crippen molar-refractivity contribution in [2.45, 2.75) is 38.0 Å². The average molecular weight is 195 g/mol. The van der Waals surface area contributed by atoms with Crippen LogP contribution in [-0.2, 0) is 10.2 Å². The minimum atomic E-state index is -0.953. The molecule has 4 nitrogen and oxygen atoms in total. The van der Waals surface area contributed by atoms with Gasteiger partial charge in [-0.05, 0) is 32.6 Å². The molecule has 1 aromatic heterocycles. The fraction of sp³-hybridized carbons (Fsp3) is 0.600. The molecule has 0 spiro atoms. The molecule has 1 aliphatic rings. The maximum atomic E-state index is 11.0. The topological polar surface area (TPSA) is 63.3 Å². The number of carboxylic acid groups (broad SMARTS) is 1. The van der Waals surface area contributed by atoms with E-state index in [0.29, 0.717) is 11.6 Å². The Hall–Kier alpha value is -1.32. The van der Waals surface area contributed by atoms with E-state index in [1.807, 2.05) is 0 Å². The lowest BCUT2D eigenvalue weighted by Crippen LogP contribution is -2.29. The lowest BCUT2D eigenvalue weighted by molar-refractivity contribution is -0.142. The normalized spacial score (nSPS) is 17.0. The maximum absolute atomic E-state index is 11.0. The molecule has 1 aliphatic carbocycles. The summed E-state index contributed by atoms with van der Waals surface area (Å²) < 4.78 is 4.87. The lowest BCUT2D eigenvalue weighted by Gasteiger charge is -2.16. The highest BCUT2D eigenvalue weighted by Crippen LogP contribution is 2.44. The predicted molar refractivity (Wildman–Crippen MR) is 49.1 cm³/mol. The minimum absolute atomic E-state index is 0.467. The van der Waals surface area contributed by atoms with Gasteiger partial charge in [0.25, 0.3) is 0 Å². The van der Waals surface area contributed by atoms with Crippen LogP contribution in [0, 0.1) is 0 Å². The molecule has 1 fully saturated rings. The first-order chi connectivity index (χ1) is 6.53. The van der Waals surface area contributed by atoms with Crippen molar-refractivity contribution in [1.29, 1.82) is 0 Å². The molecule has 1 aromatic rings. The van der Waals surface area contributed by atoms with Gasteiger partial charge in [0, 0.05) is 5.56 Å². The highest BCUT2D eigenvalue weighted by atomic mass is 16.5. The Morgan fingerprint density at radius 1 is 1.64 bits per heavy atom. The zero-order chi connectivity index (χ0) is 10.3. The van der Waals surface area contributed by atoms with Gasteiger partial charge in [0.15, 0.2) is 0 Å². The Kier molecular flexibility index (Phi) is 1.87. The third-order valence-electron chi connectivity index (χ3n) is 2.74. The van der Waals surface area contributed by atoms with Crippen molar-refractivity contribution in [2.75, 3.05) is 0 Å². The van der Waals surface area contributed by atoms with E-state index in [0.717, 1.165) is 18.4 Å². The van der Waals surface area contributed by atoms with Crippen LogP contribution >= 0.6 is 0 Å². The van der Waals surface area contributed by atoms with Crippen LogP contribution in [0.25, 0.3) is 0 Å². The summed E-state index contributed by atoms with van der Waals surface area (Å²) >= 11 is 0. The quantitative estimate of drug-likeness (QED) is 0.800. The molecular weight excluding hydrogens is 182 g/mol. The highest BCUT2D eigenvalue weighted by molar-refractivity contribution is 5.80. The molecule has 1 saturated carbocycles. The largest absolute Gasteiger partial charge is 0.481 e. The third-order valence-corrected chi connectivity index (χ3v) is 2.74. The van der Waals surface area contributed by atoms with Gasteiger partial charge >= 0.3 is 5.97 Å². The van der Waals surface area contributed by atoms with Gasteiger partial charge < -0.3 is 9.63 Å². The smallest absolute Gasteiger partial charge is 0.315 e. The molecule has 0 radical (unpaired) electrons. The Morgan fingerprint density at radius 2 is 2.29 bits per heavy atom. The van der Waals surface area contributed by atoms with Crippen molar-refractivity contribution in [3.05, 3.63) is 17.5 Å². The van der Waals surface area contributed by atoms with Crippen LogP contribution in [0.15, 0.2) is 10.8 Å². The van der Waals surface area contributed by atoms with Gasteiger partial charge in [0.1, 0.15) is 17.4 Å². The Labute approximate surface area is 81.9 Å². The molecular formula is C10H13NO3. The maximum Gasteiger partial charge on any atom is 0.315 e. The molecule has 14 heavy (non-hydrogen) atoms. The molecule has 0 aliphatic heterocycles. The summed E-state index contributed by atoms with van der Waals surface area (Å²) in [7, 11) is 0. The van der Waals surface area contributed by atoms with Gasteiger partial charge in [-0.1, -0.05) is 5.16 Å². The zero-order valence-electron chi connectivity index (χ0n) is 8.28. The molecule has 76 valence electrons. The summed E-state index contributed by atoms with van der Waals surface area (Å²) in [5.74, 6) is -0.400. The molecule has 0 atom stereocenters. The van der Waals surface area contributed by atoms with Gasteiger partial charge in [0.2, 0.25) is 0 Å². The second kappa shape index (κ2) is 2.83. The number of carbonyl (C=O) groups is 1. The highest BCUT2D eigenvalue weighted by Gasteiger charge is 2.39. The Balaban J connectivity index is 2.39. The van der Waals surface area contributed by atoms with E-state index < -0.39 is 11.4 Å². The third kappa shape index (κ3) is 1.31. The Bertz CT molecular complexity index is 363. The van der Waals surface area contributed by atoms with Gasteiger partial charge in [-0.25, -0.2) is 0 Å². The fourth-order valence-electron chi connectivity index (χ4n) is 1.50. The van der Waals surface area contributed by atoms with Crippen molar-refractivity contribution in [3.8, 4) is 0 Å². The van der Waals surface area contributed by atoms with Crippen LogP contribution in [0.1, 0.15) is 43.9 Å². The van der Waals surface area contributed by atoms with E-state index in [1.165, 1.54) is 0 Å². The van der Waals surface area contributed by atoms with Crippen LogP contribution in [0.2, 0.25) is 0 Å². The van der Waals surface area contributed by atoms with Gasteiger partial charge in [-0.3, -0.25) is 4.79 Å². The first-order valence-corrected chi connectivity index (χ1v) is 4.71. The molecule has 2 rings (SSSR count). The molecule has 0 amide bonds.